The zero-order valence-corrected chi connectivity index (χ0v) is 13.4. The molecule has 1 aromatic carbocycles. The van der Waals surface area contributed by atoms with Crippen LogP contribution in [0.5, 0.6) is 0 Å². The zero-order chi connectivity index (χ0) is 14.8. The Morgan fingerprint density at radius 3 is 2.75 bits per heavy atom. The summed E-state index contributed by atoms with van der Waals surface area (Å²) in [4.78, 5) is 0.177. The molecule has 1 aromatic rings. The van der Waals surface area contributed by atoms with E-state index in [1.165, 1.54) is 0 Å². The molecule has 1 atom stereocenters. The second-order valence-corrected chi connectivity index (χ2v) is 7.60. The Hall–Kier alpha value is -0.620. The minimum Gasteiger partial charge on any atom is -0.315 e. The summed E-state index contributed by atoms with van der Waals surface area (Å²) in [5.41, 5.74) is 0.969. The van der Waals surface area contributed by atoms with Gasteiger partial charge in [0.05, 0.1) is 5.02 Å². The van der Waals surface area contributed by atoms with Crippen molar-refractivity contribution in [3.63, 3.8) is 0 Å². The number of benzene rings is 1. The Balaban J connectivity index is 2.26. The second kappa shape index (κ2) is 6.43. The lowest BCUT2D eigenvalue weighted by atomic mass is 10.0. The smallest absolute Gasteiger partial charge is 0.242 e. The normalized spacial score (nSPS) is 20.3. The fourth-order valence-corrected chi connectivity index (χ4v) is 4.13. The van der Waals surface area contributed by atoms with Gasteiger partial charge in [-0.1, -0.05) is 31.5 Å². The fraction of sp³-hybridized carbons (Fsp3) is 0.571. The molecule has 1 saturated heterocycles. The van der Waals surface area contributed by atoms with Gasteiger partial charge >= 0.3 is 0 Å². The predicted molar refractivity (Wildman–Crippen MR) is 81.8 cm³/mol. The van der Waals surface area contributed by atoms with Crippen LogP contribution in [0.2, 0.25) is 5.02 Å². The molecule has 0 saturated carbocycles. The largest absolute Gasteiger partial charge is 0.315 e. The molecule has 20 heavy (non-hydrogen) atoms. The van der Waals surface area contributed by atoms with E-state index >= 15 is 0 Å². The van der Waals surface area contributed by atoms with E-state index in [1.54, 1.807) is 12.1 Å². The van der Waals surface area contributed by atoms with E-state index in [9.17, 15) is 8.42 Å². The van der Waals surface area contributed by atoms with Gasteiger partial charge in [0.1, 0.15) is 4.90 Å². The van der Waals surface area contributed by atoms with E-state index in [0.717, 1.165) is 24.9 Å². The van der Waals surface area contributed by atoms with Gasteiger partial charge in [-0.2, -0.15) is 0 Å². The summed E-state index contributed by atoms with van der Waals surface area (Å²) in [6, 6.07) is 5.14. The van der Waals surface area contributed by atoms with Gasteiger partial charge in [-0.25, -0.2) is 13.1 Å². The lowest BCUT2D eigenvalue weighted by Crippen LogP contribution is -2.45. The van der Waals surface area contributed by atoms with Crippen LogP contribution >= 0.6 is 11.6 Å². The van der Waals surface area contributed by atoms with Crippen LogP contribution < -0.4 is 10.0 Å². The van der Waals surface area contributed by atoms with Gasteiger partial charge in [0.15, 0.2) is 0 Å². The third kappa shape index (κ3) is 3.73. The number of rotatable bonds is 4. The average Bonchev–Trinajstić information content (AvgIpc) is 2.39. The molecule has 1 aliphatic heterocycles. The van der Waals surface area contributed by atoms with Crippen LogP contribution in [0.15, 0.2) is 23.1 Å². The molecule has 0 bridgehead atoms. The van der Waals surface area contributed by atoms with Crippen molar-refractivity contribution >= 4 is 21.6 Å². The number of hydrogen-bond acceptors (Lipinski definition) is 3. The number of sulfonamides is 1. The molecule has 2 rings (SSSR count). The Labute approximate surface area is 126 Å². The van der Waals surface area contributed by atoms with Crippen molar-refractivity contribution in [1.82, 2.24) is 10.0 Å². The topological polar surface area (TPSA) is 58.2 Å². The molecule has 0 amide bonds. The van der Waals surface area contributed by atoms with Crippen LogP contribution in [0.1, 0.15) is 38.2 Å². The molecule has 1 aliphatic rings. The second-order valence-electron chi connectivity index (χ2n) is 5.51. The maximum atomic E-state index is 12.5. The lowest BCUT2D eigenvalue weighted by molar-refractivity contribution is 0.428. The fourth-order valence-electron chi connectivity index (χ4n) is 2.32. The first-order valence-corrected chi connectivity index (χ1v) is 8.79. The van der Waals surface area contributed by atoms with E-state index in [-0.39, 0.29) is 21.9 Å². The highest BCUT2D eigenvalue weighted by molar-refractivity contribution is 7.89. The van der Waals surface area contributed by atoms with Crippen LogP contribution in [0.25, 0.3) is 0 Å². The van der Waals surface area contributed by atoms with Crippen LogP contribution in [-0.2, 0) is 10.0 Å². The maximum Gasteiger partial charge on any atom is 0.242 e. The summed E-state index contributed by atoms with van der Waals surface area (Å²) in [6.45, 7) is 5.67. The summed E-state index contributed by atoms with van der Waals surface area (Å²) >= 11 is 6.07. The summed E-state index contributed by atoms with van der Waals surface area (Å²) in [5, 5.41) is 3.46. The summed E-state index contributed by atoms with van der Waals surface area (Å²) in [7, 11) is -3.57. The molecule has 6 heteroatoms. The highest BCUT2D eigenvalue weighted by Crippen LogP contribution is 2.26. The molecule has 0 radical (unpaired) electrons. The standard InChI is InChI=1S/C14H21ClN2O2S/c1-10(2)11-5-6-13(15)14(8-11)20(18,19)17-12-4-3-7-16-9-12/h5-6,8,10,12,16-17H,3-4,7,9H2,1-2H3/t12-/m1/s1. The van der Waals surface area contributed by atoms with Crippen LogP contribution in [-0.4, -0.2) is 27.5 Å². The Bertz CT molecular complexity index is 567. The van der Waals surface area contributed by atoms with Crippen LogP contribution in [0.3, 0.4) is 0 Å². The molecule has 0 unspecified atom stereocenters. The molecule has 0 aliphatic carbocycles. The average molecular weight is 317 g/mol. The number of halogens is 1. The number of piperidine rings is 1. The van der Waals surface area contributed by atoms with Crippen molar-refractivity contribution in [2.45, 2.75) is 43.5 Å². The maximum absolute atomic E-state index is 12.5. The monoisotopic (exact) mass is 316 g/mol. The Morgan fingerprint density at radius 1 is 1.40 bits per heavy atom. The van der Waals surface area contributed by atoms with Gasteiger partial charge in [0, 0.05) is 12.6 Å². The van der Waals surface area contributed by atoms with E-state index in [1.807, 2.05) is 19.9 Å². The van der Waals surface area contributed by atoms with Gasteiger partial charge < -0.3 is 5.32 Å². The van der Waals surface area contributed by atoms with Gasteiger partial charge in [-0.3, -0.25) is 0 Å². The van der Waals surface area contributed by atoms with E-state index in [0.29, 0.717) is 6.54 Å². The van der Waals surface area contributed by atoms with Crippen LogP contribution in [0.4, 0.5) is 0 Å². The molecule has 4 nitrogen and oxygen atoms in total. The third-order valence-corrected chi connectivity index (χ3v) is 5.53. The van der Waals surface area contributed by atoms with Crippen molar-refractivity contribution in [3.05, 3.63) is 28.8 Å². The molecule has 1 heterocycles. The third-order valence-electron chi connectivity index (χ3n) is 3.53. The molecular formula is C14H21ClN2O2S. The molecule has 112 valence electrons. The highest BCUT2D eigenvalue weighted by Gasteiger charge is 2.24. The van der Waals surface area contributed by atoms with Gasteiger partial charge in [-0.05, 0) is 43.0 Å². The SMILES string of the molecule is CC(C)c1ccc(Cl)c(S(=O)(=O)N[C@@H]2CCCNC2)c1. The van der Waals surface area contributed by atoms with Gasteiger partial charge in [0.25, 0.3) is 0 Å². The van der Waals surface area contributed by atoms with Gasteiger partial charge in [-0.15, -0.1) is 0 Å². The van der Waals surface area contributed by atoms with Crippen LogP contribution in [0, 0.1) is 0 Å². The number of hydrogen-bond donors (Lipinski definition) is 2. The van der Waals surface area contributed by atoms with Gasteiger partial charge in [0.2, 0.25) is 10.0 Å². The molecular weight excluding hydrogens is 296 g/mol. The van der Waals surface area contributed by atoms with Crippen molar-refractivity contribution in [1.29, 1.82) is 0 Å². The first-order valence-electron chi connectivity index (χ1n) is 6.92. The minimum absolute atomic E-state index is 0.0625. The first-order chi connectivity index (χ1) is 9.40. The quantitative estimate of drug-likeness (QED) is 0.897. The van der Waals surface area contributed by atoms with E-state index < -0.39 is 10.0 Å². The highest BCUT2D eigenvalue weighted by atomic mass is 35.5. The molecule has 0 spiro atoms. The molecule has 1 fully saturated rings. The first kappa shape index (κ1) is 15.8. The van der Waals surface area contributed by atoms with Crippen molar-refractivity contribution in [2.75, 3.05) is 13.1 Å². The summed E-state index contributed by atoms with van der Waals surface area (Å²) in [6.07, 6.45) is 1.83. The minimum atomic E-state index is -3.57. The molecule has 0 aromatic heterocycles. The van der Waals surface area contributed by atoms with E-state index in [2.05, 4.69) is 10.0 Å². The van der Waals surface area contributed by atoms with Crippen molar-refractivity contribution < 1.29 is 8.42 Å². The molecule has 2 N–H and O–H groups in total. The summed E-state index contributed by atoms with van der Waals surface area (Å²) < 4.78 is 27.7. The van der Waals surface area contributed by atoms with Crippen molar-refractivity contribution in [2.24, 2.45) is 0 Å². The Kier molecular flexibility index (Phi) is 5.07. The van der Waals surface area contributed by atoms with Crippen molar-refractivity contribution in [3.8, 4) is 0 Å². The zero-order valence-electron chi connectivity index (χ0n) is 11.8. The number of nitrogens with one attached hydrogen (secondary N) is 2. The lowest BCUT2D eigenvalue weighted by Gasteiger charge is -2.24. The predicted octanol–water partition coefficient (Wildman–Crippen LogP) is 2.49. The summed E-state index contributed by atoms with van der Waals surface area (Å²) in [5.74, 6) is 0.262. The Morgan fingerprint density at radius 2 is 2.15 bits per heavy atom. The van der Waals surface area contributed by atoms with E-state index in [4.69, 9.17) is 11.6 Å².